The molecule has 2 amide bonds. The van der Waals surface area contributed by atoms with Gasteiger partial charge in [0.05, 0.1) is 11.6 Å². The first-order valence-corrected chi connectivity index (χ1v) is 9.35. The van der Waals surface area contributed by atoms with Crippen LogP contribution in [-0.4, -0.2) is 72.6 Å². The van der Waals surface area contributed by atoms with Crippen molar-refractivity contribution in [3.05, 3.63) is 30.1 Å². The molecule has 2 aliphatic rings. The van der Waals surface area contributed by atoms with Crippen LogP contribution in [0.25, 0.3) is 0 Å². The maximum Gasteiger partial charge on any atom is 0.242 e. The monoisotopic (exact) mass is 450 g/mol. The minimum atomic E-state index is -0.833. The number of hydrogen-bond acceptors (Lipinski definition) is 5. The number of hydrogen-bond donors (Lipinski definition) is 2. The summed E-state index contributed by atoms with van der Waals surface area (Å²) in [6.45, 7) is 5.10. The van der Waals surface area contributed by atoms with Crippen LogP contribution in [0.4, 0.5) is 10.1 Å². The van der Waals surface area contributed by atoms with E-state index in [1.807, 2.05) is 11.8 Å². The van der Waals surface area contributed by atoms with Gasteiger partial charge in [-0.25, -0.2) is 4.39 Å². The standard InChI is InChI=1S/C19H27FN4O3.2ClH/c1-14(17(25)22-16-4-2-3-15(20)13-16)23-7-9-24(10-8-23)18(26)19(21)5-11-27-12-6-19;;/h2-4,13-14H,5-12,21H2,1H3,(H,22,25);2*1H. The minimum Gasteiger partial charge on any atom is -0.381 e. The van der Waals surface area contributed by atoms with Crippen LogP contribution >= 0.6 is 24.8 Å². The third kappa shape index (κ3) is 6.26. The topological polar surface area (TPSA) is 87.9 Å². The Kier molecular flexibility index (Phi) is 9.78. The Morgan fingerprint density at radius 3 is 2.38 bits per heavy atom. The largest absolute Gasteiger partial charge is 0.381 e. The van der Waals surface area contributed by atoms with E-state index in [0.29, 0.717) is 57.9 Å². The number of benzene rings is 1. The highest BCUT2D eigenvalue weighted by molar-refractivity contribution is 5.94. The number of carbonyl (C=O) groups excluding carboxylic acids is 2. The summed E-state index contributed by atoms with van der Waals surface area (Å²) in [5, 5.41) is 2.74. The fourth-order valence-electron chi connectivity index (χ4n) is 3.56. The van der Waals surface area contributed by atoms with Gasteiger partial charge in [-0.1, -0.05) is 6.07 Å². The summed E-state index contributed by atoms with van der Waals surface area (Å²) in [5.41, 5.74) is 5.90. The molecule has 3 N–H and O–H groups in total. The van der Waals surface area contributed by atoms with Gasteiger partial charge < -0.3 is 20.7 Å². The Balaban J connectivity index is 0.00000210. The Bertz CT molecular complexity index is 696. The summed E-state index contributed by atoms with van der Waals surface area (Å²) in [4.78, 5) is 29.0. The van der Waals surface area contributed by atoms with Crippen molar-refractivity contribution in [3.8, 4) is 0 Å². The summed E-state index contributed by atoms with van der Waals surface area (Å²) >= 11 is 0. The smallest absolute Gasteiger partial charge is 0.242 e. The van der Waals surface area contributed by atoms with Crippen molar-refractivity contribution >= 4 is 42.3 Å². The molecule has 2 aliphatic heterocycles. The van der Waals surface area contributed by atoms with E-state index in [-0.39, 0.29) is 42.7 Å². The Hall–Kier alpha value is -1.45. The predicted octanol–water partition coefficient (Wildman–Crippen LogP) is 1.65. The van der Waals surface area contributed by atoms with Gasteiger partial charge in [-0.15, -0.1) is 24.8 Å². The maximum atomic E-state index is 13.3. The van der Waals surface area contributed by atoms with Gasteiger partial charge >= 0.3 is 0 Å². The Morgan fingerprint density at radius 1 is 1.17 bits per heavy atom. The van der Waals surface area contributed by atoms with Crippen molar-refractivity contribution < 1.29 is 18.7 Å². The number of anilines is 1. The molecule has 1 aromatic carbocycles. The van der Waals surface area contributed by atoms with Crippen LogP contribution in [0.1, 0.15) is 19.8 Å². The summed E-state index contributed by atoms with van der Waals surface area (Å²) in [7, 11) is 0. The summed E-state index contributed by atoms with van der Waals surface area (Å²) in [6, 6.07) is 5.45. The number of nitrogens with one attached hydrogen (secondary N) is 1. The highest BCUT2D eigenvalue weighted by atomic mass is 35.5. The molecule has 0 aromatic heterocycles. The van der Waals surface area contributed by atoms with E-state index in [1.54, 1.807) is 17.0 Å². The zero-order valence-corrected chi connectivity index (χ0v) is 18.1. The molecule has 1 aromatic rings. The lowest BCUT2D eigenvalue weighted by atomic mass is 9.89. The molecule has 3 rings (SSSR count). The van der Waals surface area contributed by atoms with Gasteiger partial charge in [-0.05, 0) is 38.0 Å². The third-order valence-electron chi connectivity index (χ3n) is 5.43. The van der Waals surface area contributed by atoms with Gasteiger partial charge in [0, 0.05) is 45.1 Å². The van der Waals surface area contributed by atoms with E-state index in [4.69, 9.17) is 10.5 Å². The molecule has 164 valence electrons. The number of nitrogens with two attached hydrogens (primary N) is 1. The second-order valence-corrected chi connectivity index (χ2v) is 7.27. The Morgan fingerprint density at radius 2 is 1.79 bits per heavy atom. The lowest BCUT2D eigenvalue weighted by Crippen LogP contribution is -2.62. The molecular weight excluding hydrogens is 422 g/mol. The molecule has 0 radical (unpaired) electrons. The first kappa shape index (κ1) is 25.6. The molecule has 29 heavy (non-hydrogen) atoms. The number of nitrogens with zero attached hydrogens (tertiary/aromatic N) is 2. The van der Waals surface area contributed by atoms with Crippen LogP contribution in [-0.2, 0) is 14.3 Å². The van der Waals surface area contributed by atoms with Crippen molar-refractivity contribution in [2.45, 2.75) is 31.3 Å². The van der Waals surface area contributed by atoms with Crippen LogP contribution in [0.2, 0.25) is 0 Å². The van der Waals surface area contributed by atoms with E-state index < -0.39 is 11.4 Å². The first-order valence-electron chi connectivity index (χ1n) is 9.35. The van der Waals surface area contributed by atoms with Gasteiger partial charge in [0.15, 0.2) is 0 Å². The molecule has 1 atom stereocenters. The highest BCUT2D eigenvalue weighted by Gasteiger charge is 2.40. The molecule has 0 spiro atoms. The molecule has 1 unspecified atom stereocenters. The van der Waals surface area contributed by atoms with Crippen molar-refractivity contribution in [1.29, 1.82) is 0 Å². The van der Waals surface area contributed by atoms with Crippen LogP contribution in [0, 0.1) is 5.82 Å². The number of rotatable bonds is 4. The maximum absolute atomic E-state index is 13.3. The Labute approximate surface area is 182 Å². The summed E-state index contributed by atoms with van der Waals surface area (Å²) < 4.78 is 18.6. The van der Waals surface area contributed by atoms with Crippen molar-refractivity contribution in [1.82, 2.24) is 9.80 Å². The molecule has 7 nitrogen and oxygen atoms in total. The third-order valence-corrected chi connectivity index (χ3v) is 5.43. The molecule has 2 saturated heterocycles. The van der Waals surface area contributed by atoms with E-state index >= 15 is 0 Å². The SMILES string of the molecule is CC(C(=O)Nc1cccc(F)c1)N1CCN(C(=O)C2(N)CCOCC2)CC1.Cl.Cl. The number of amides is 2. The van der Waals surface area contributed by atoms with E-state index in [0.717, 1.165) is 0 Å². The molecule has 2 heterocycles. The lowest BCUT2D eigenvalue weighted by molar-refractivity contribution is -0.142. The zero-order chi connectivity index (χ0) is 19.4. The number of ether oxygens (including phenoxy) is 1. The summed E-state index contributed by atoms with van der Waals surface area (Å²) in [5.74, 6) is -0.612. The van der Waals surface area contributed by atoms with Gasteiger partial charge in [0.2, 0.25) is 11.8 Å². The van der Waals surface area contributed by atoms with Gasteiger partial charge in [-0.3, -0.25) is 14.5 Å². The second-order valence-electron chi connectivity index (χ2n) is 7.27. The van der Waals surface area contributed by atoms with Crippen LogP contribution < -0.4 is 11.1 Å². The number of halogens is 3. The van der Waals surface area contributed by atoms with Gasteiger partial charge in [0.1, 0.15) is 5.82 Å². The highest BCUT2D eigenvalue weighted by Crippen LogP contribution is 2.22. The van der Waals surface area contributed by atoms with E-state index in [1.165, 1.54) is 12.1 Å². The van der Waals surface area contributed by atoms with Crippen LogP contribution in [0.5, 0.6) is 0 Å². The average molecular weight is 451 g/mol. The lowest BCUT2D eigenvalue weighted by Gasteiger charge is -2.42. The average Bonchev–Trinajstić information content (AvgIpc) is 2.67. The quantitative estimate of drug-likeness (QED) is 0.727. The van der Waals surface area contributed by atoms with Gasteiger partial charge in [-0.2, -0.15) is 0 Å². The number of piperazine rings is 1. The van der Waals surface area contributed by atoms with Crippen LogP contribution in [0.3, 0.4) is 0 Å². The van der Waals surface area contributed by atoms with E-state index in [9.17, 15) is 14.0 Å². The minimum absolute atomic E-state index is 0. The molecule has 0 aliphatic carbocycles. The fraction of sp³-hybridized carbons (Fsp3) is 0.579. The van der Waals surface area contributed by atoms with E-state index in [2.05, 4.69) is 5.32 Å². The zero-order valence-electron chi connectivity index (χ0n) is 16.4. The van der Waals surface area contributed by atoms with Crippen molar-refractivity contribution in [2.75, 3.05) is 44.7 Å². The van der Waals surface area contributed by atoms with Gasteiger partial charge in [0.25, 0.3) is 0 Å². The van der Waals surface area contributed by atoms with Crippen molar-refractivity contribution in [2.24, 2.45) is 5.73 Å². The molecule has 2 fully saturated rings. The first-order chi connectivity index (χ1) is 12.9. The molecule has 10 heteroatoms. The predicted molar refractivity (Wildman–Crippen MR) is 114 cm³/mol. The number of carbonyl (C=O) groups is 2. The molecule has 0 bridgehead atoms. The molecular formula is C19H29Cl2FN4O3. The second kappa shape index (κ2) is 11.1. The molecule has 0 saturated carbocycles. The normalized spacial score (nSPS) is 20.0. The summed E-state index contributed by atoms with van der Waals surface area (Å²) in [6.07, 6.45) is 1.08. The van der Waals surface area contributed by atoms with Crippen molar-refractivity contribution in [3.63, 3.8) is 0 Å². The van der Waals surface area contributed by atoms with Crippen LogP contribution in [0.15, 0.2) is 24.3 Å². The fourth-order valence-corrected chi connectivity index (χ4v) is 3.56.